The number of aromatic nitrogens is 3. The number of hydrogen-bond acceptors (Lipinski definition) is 3. The van der Waals surface area contributed by atoms with Crippen LogP contribution in [0.25, 0.3) is 10.9 Å². The molecule has 0 radical (unpaired) electrons. The maximum Gasteiger partial charge on any atom is 0.237 e. The molecule has 0 saturated carbocycles. The van der Waals surface area contributed by atoms with Gasteiger partial charge in [0.15, 0.2) is 0 Å². The van der Waals surface area contributed by atoms with Crippen molar-refractivity contribution in [2.75, 3.05) is 0 Å². The van der Waals surface area contributed by atoms with Crippen molar-refractivity contribution in [1.29, 1.82) is 0 Å². The van der Waals surface area contributed by atoms with Crippen LogP contribution in [0.5, 0.6) is 0 Å². The molecule has 2 heterocycles. The second-order valence-corrected chi connectivity index (χ2v) is 4.99. The van der Waals surface area contributed by atoms with Gasteiger partial charge < -0.3 is 16.0 Å². The molecule has 6 heteroatoms. The average Bonchev–Trinajstić information content (AvgIpc) is 3.15. The number of nitrogens with one attached hydrogen (secondary N) is 3. The molecule has 3 rings (SSSR count). The van der Waals surface area contributed by atoms with E-state index in [-0.39, 0.29) is 5.91 Å². The molecular weight excluding hydrogens is 266 g/mol. The fourth-order valence-corrected chi connectivity index (χ4v) is 2.32. The molecule has 2 aromatic heterocycles. The van der Waals surface area contributed by atoms with Gasteiger partial charge in [0.1, 0.15) is 0 Å². The Labute approximate surface area is 121 Å². The maximum absolute atomic E-state index is 12.0. The summed E-state index contributed by atoms with van der Waals surface area (Å²) in [5, 5.41) is 10.4. The summed E-state index contributed by atoms with van der Waals surface area (Å²) in [6.45, 7) is 0.427. The molecule has 0 aliphatic rings. The highest BCUT2D eigenvalue weighted by atomic mass is 16.2. The van der Waals surface area contributed by atoms with Gasteiger partial charge in [-0.15, -0.1) is 0 Å². The molecule has 3 aromatic rings. The Morgan fingerprint density at radius 3 is 3.00 bits per heavy atom. The summed E-state index contributed by atoms with van der Waals surface area (Å²) in [4.78, 5) is 15.2. The summed E-state index contributed by atoms with van der Waals surface area (Å²) in [7, 11) is 0. The van der Waals surface area contributed by atoms with Gasteiger partial charge >= 0.3 is 0 Å². The quantitative estimate of drug-likeness (QED) is 0.563. The van der Waals surface area contributed by atoms with Gasteiger partial charge in [0, 0.05) is 35.4 Å². The number of amides is 1. The lowest BCUT2D eigenvalue weighted by Gasteiger charge is -2.11. The Balaban J connectivity index is 1.62. The van der Waals surface area contributed by atoms with Gasteiger partial charge in [-0.3, -0.25) is 9.89 Å². The molecule has 1 atom stereocenters. The van der Waals surface area contributed by atoms with Gasteiger partial charge in [-0.1, -0.05) is 18.2 Å². The lowest BCUT2D eigenvalue weighted by Crippen LogP contribution is -2.41. The zero-order chi connectivity index (χ0) is 14.7. The number of hydrogen-bond donors (Lipinski definition) is 4. The first-order valence-electron chi connectivity index (χ1n) is 6.80. The molecular formula is C15H17N5O. The number of carbonyl (C=O) groups excluding carboxylic acids is 1. The van der Waals surface area contributed by atoms with Crippen LogP contribution in [0.3, 0.4) is 0 Å². The van der Waals surface area contributed by atoms with Gasteiger partial charge in [0.25, 0.3) is 0 Å². The Hall–Kier alpha value is -2.60. The van der Waals surface area contributed by atoms with Crippen LogP contribution in [0.15, 0.2) is 42.9 Å². The number of H-pyrrole nitrogens is 2. The van der Waals surface area contributed by atoms with Crippen LogP contribution in [-0.2, 0) is 17.8 Å². The highest BCUT2D eigenvalue weighted by Gasteiger charge is 2.15. The van der Waals surface area contributed by atoms with Crippen molar-refractivity contribution in [1.82, 2.24) is 20.5 Å². The van der Waals surface area contributed by atoms with E-state index in [4.69, 9.17) is 5.73 Å². The van der Waals surface area contributed by atoms with Gasteiger partial charge in [-0.2, -0.15) is 5.10 Å². The minimum atomic E-state index is -0.573. The lowest BCUT2D eigenvalue weighted by molar-refractivity contribution is -0.122. The molecule has 0 aliphatic carbocycles. The zero-order valence-electron chi connectivity index (χ0n) is 11.5. The van der Waals surface area contributed by atoms with E-state index in [1.54, 1.807) is 12.4 Å². The van der Waals surface area contributed by atoms with E-state index in [9.17, 15) is 4.79 Å². The highest BCUT2D eigenvalue weighted by Crippen LogP contribution is 2.18. The number of aromatic amines is 2. The van der Waals surface area contributed by atoms with Crippen LogP contribution in [-0.4, -0.2) is 27.1 Å². The van der Waals surface area contributed by atoms with Crippen LogP contribution in [0.4, 0.5) is 0 Å². The first-order valence-corrected chi connectivity index (χ1v) is 6.80. The summed E-state index contributed by atoms with van der Waals surface area (Å²) >= 11 is 0. The van der Waals surface area contributed by atoms with Crippen molar-refractivity contribution in [2.24, 2.45) is 5.73 Å². The van der Waals surface area contributed by atoms with Crippen molar-refractivity contribution in [3.05, 3.63) is 54.0 Å². The van der Waals surface area contributed by atoms with E-state index < -0.39 is 6.04 Å². The van der Waals surface area contributed by atoms with Crippen LogP contribution in [0.2, 0.25) is 0 Å². The van der Waals surface area contributed by atoms with Crippen LogP contribution in [0, 0.1) is 0 Å². The Kier molecular flexibility index (Phi) is 3.70. The van der Waals surface area contributed by atoms with Crippen molar-refractivity contribution >= 4 is 16.8 Å². The third kappa shape index (κ3) is 2.95. The molecule has 1 aromatic carbocycles. The molecule has 6 nitrogen and oxygen atoms in total. The smallest absolute Gasteiger partial charge is 0.237 e. The number of carbonyl (C=O) groups is 1. The van der Waals surface area contributed by atoms with E-state index in [0.29, 0.717) is 13.0 Å². The van der Waals surface area contributed by atoms with Gasteiger partial charge in [0.2, 0.25) is 5.91 Å². The lowest BCUT2D eigenvalue weighted by atomic mass is 10.1. The molecule has 0 spiro atoms. The predicted octanol–water partition coefficient (Wildman–Crippen LogP) is 1.08. The van der Waals surface area contributed by atoms with Crippen LogP contribution >= 0.6 is 0 Å². The molecule has 1 amide bonds. The minimum Gasteiger partial charge on any atom is -0.361 e. The monoisotopic (exact) mass is 283 g/mol. The maximum atomic E-state index is 12.0. The first-order chi connectivity index (χ1) is 10.2. The van der Waals surface area contributed by atoms with Gasteiger partial charge in [0.05, 0.1) is 12.2 Å². The summed E-state index contributed by atoms with van der Waals surface area (Å²) in [5.41, 5.74) is 9.02. The second-order valence-electron chi connectivity index (χ2n) is 4.99. The summed E-state index contributed by atoms with van der Waals surface area (Å²) in [6, 6.07) is 7.40. The fraction of sp³-hybridized carbons (Fsp3) is 0.200. The molecule has 0 saturated heterocycles. The number of rotatable bonds is 5. The molecule has 0 bridgehead atoms. The van der Waals surface area contributed by atoms with Crippen molar-refractivity contribution in [3.8, 4) is 0 Å². The molecule has 108 valence electrons. The van der Waals surface area contributed by atoms with E-state index in [1.807, 2.05) is 30.5 Å². The number of nitrogens with two attached hydrogens (primary N) is 1. The van der Waals surface area contributed by atoms with Crippen LogP contribution in [0.1, 0.15) is 11.1 Å². The van der Waals surface area contributed by atoms with E-state index in [0.717, 1.165) is 22.0 Å². The standard InChI is InChI=1S/C15H17N5O/c16-13(15(21)18-6-10-7-19-20-8-10)5-11-9-17-14-4-2-1-3-12(11)14/h1-4,7-9,13,17H,5-6,16H2,(H,18,21)(H,19,20)/t13-/m0/s1. The summed E-state index contributed by atoms with van der Waals surface area (Å²) in [6.07, 6.45) is 5.83. The first kappa shape index (κ1) is 13.4. The molecule has 5 N–H and O–H groups in total. The second kappa shape index (κ2) is 5.80. The topological polar surface area (TPSA) is 99.6 Å². The number of benzene rings is 1. The largest absolute Gasteiger partial charge is 0.361 e. The number of fused-ring (bicyclic) bond motifs is 1. The van der Waals surface area contributed by atoms with Crippen molar-refractivity contribution in [2.45, 2.75) is 19.0 Å². The molecule has 0 fully saturated rings. The van der Waals surface area contributed by atoms with E-state index in [2.05, 4.69) is 20.5 Å². The third-order valence-electron chi connectivity index (χ3n) is 3.47. The van der Waals surface area contributed by atoms with Gasteiger partial charge in [-0.05, 0) is 18.1 Å². The SMILES string of the molecule is N[C@@H](Cc1c[nH]c2ccccc12)C(=O)NCc1cn[nH]c1. The van der Waals surface area contributed by atoms with Crippen molar-refractivity contribution < 1.29 is 4.79 Å². The fourth-order valence-electron chi connectivity index (χ4n) is 2.32. The van der Waals surface area contributed by atoms with E-state index >= 15 is 0 Å². The summed E-state index contributed by atoms with van der Waals surface area (Å²) in [5.74, 6) is -0.165. The van der Waals surface area contributed by atoms with Crippen LogP contribution < -0.4 is 11.1 Å². The predicted molar refractivity (Wildman–Crippen MR) is 80.4 cm³/mol. The number of nitrogens with zero attached hydrogens (tertiary/aromatic N) is 1. The molecule has 0 unspecified atom stereocenters. The average molecular weight is 283 g/mol. The minimum absolute atomic E-state index is 0.165. The Morgan fingerprint density at radius 1 is 1.33 bits per heavy atom. The zero-order valence-corrected chi connectivity index (χ0v) is 11.5. The van der Waals surface area contributed by atoms with Crippen molar-refractivity contribution in [3.63, 3.8) is 0 Å². The highest BCUT2D eigenvalue weighted by molar-refractivity contribution is 5.86. The summed E-state index contributed by atoms with van der Waals surface area (Å²) < 4.78 is 0. The Bertz CT molecular complexity index is 731. The Morgan fingerprint density at radius 2 is 2.19 bits per heavy atom. The molecule has 21 heavy (non-hydrogen) atoms. The van der Waals surface area contributed by atoms with E-state index in [1.165, 1.54) is 0 Å². The van der Waals surface area contributed by atoms with Gasteiger partial charge in [-0.25, -0.2) is 0 Å². The molecule has 0 aliphatic heterocycles. The normalized spacial score (nSPS) is 12.4. The third-order valence-corrected chi connectivity index (χ3v) is 3.47. The number of para-hydroxylation sites is 1.